The van der Waals surface area contributed by atoms with E-state index in [9.17, 15) is 19.4 Å². The maximum atomic E-state index is 11.9. The third kappa shape index (κ3) is 20.9. The molecular formula is C22H45NO7P+. The zero-order valence-corrected chi connectivity index (χ0v) is 20.9. The molecule has 2 N–H and O–H groups in total. The van der Waals surface area contributed by atoms with Crippen LogP contribution in [0.15, 0.2) is 12.2 Å². The van der Waals surface area contributed by atoms with Crippen molar-refractivity contribution < 1.29 is 37.6 Å². The fraction of sp³-hybridized carbons (Fsp3) is 0.864. The topological polar surface area (TPSA) is 102 Å². The minimum atomic E-state index is -4.25. The number of aliphatic hydroxyl groups excluding tert-OH is 1. The second-order valence-electron chi connectivity index (χ2n) is 8.83. The molecule has 0 bridgehead atoms. The van der Waals surface area contributed by atoms with Crippen molar-refractivity contribution in [2.75, 3.05) is 47.5 Å². The quantitative estimate of drug-likeness (QED) is 0.0911. The molecule has 0 saturated carbocycles. The number of unbranched alkanes of at least 4 members (excludes halogenated alkanes) is 7. The Kier molecular flexibility index (Phi) is 17.3. The summed E-state index contributed by atoms with van der Waals surface area (Å²) in [5.74, 6) is -0.444. The number of phosphoric acid groups is 1. The molecule has 0 heterocycles. The smallest absolute Gasteiger partial charge is 0.457 e. The summed E-state index contributed by atoms with van der Waals surface area (Å²) in [6, 6.07) is 0. The first-order valence-corrected chi connectivity index (χ1v) is 13.0. The lowest BCUT2D eigenvalue weighted by Gasteiger charge is -2.24. The summed E-state index contributed by atoms with van der Waals surface area (Å²) in [4.78, 5) is 21.6. The highest BCUT2D eigenvalue weighted by molar-refractivity contribution is 7.47. The van der Waals surface area contributed by atoms with Gasteiger partial charge in [-0.1, -0.05) is 51.2 Å². The Balaban J connectivity index is 3.87. The number of esters is 1. The van der Waals surface area contributed by atoms with Crippen LogP contribution in [0.2, 0.25) is 0 Å². The molecule has 31 heavy (non-hydrogen) atoms. The van der Waals surface area contributed by atoms with Gasteiger partial charge in [-0.25, -0.2) is 4.57 Å². The van der Waals surface area contributed by atoms with Gasteiger partial charge in [0.2, 0.25) is 0 Å². The van der Waals surface area contributed by atoms with E-state index in [1.165, 1.54) is 12.8 Å². The van der Waals surface area contributed by atoms with Gasteiger partial charge >= 0.3 is 13.8 Å². The van der Waals surface area contributed by atoms with Crippen LogP contribution in [0.1, 0.15) is 71.1 Å². The van der Waals surface area contributed by atoms with Crippen LogP contribution in [0.4, 0.5) is 0 Å². The van der Waals surface area contributed by atoms with Gasteiger partial charge in [0, 0.05) is 6.42 Å². The van der Waals surface area contributed by atoms with E-state index in [1.807, 2.05) is 21.1 Å². The van der Waals surface area contributed by atoms with Crippen LogP contribution in [0.25, 0.3) is 0 Å². The molecule has 0 spiro atoms. The fourth-order valence-corrected chi connectivity index (χ4v) is 3.37. The average molecular weight is 467 g/mol. The summed E-state index contributed by atoms with van der Waals surface area (Å²) in [5, 5.41) is 9.34. The van der Waals surface area contributed by atoms with Crippen LogP contribution in [0, 0.1) is 0 Å². The molecule has 0 rings (SSSR count). The number of nitrogens with zero attached hydrogens (tertiary/aromatic N) is 1. The second-order valence-corrected chi connectivity index (χ2v) is 10.3. The third-order valence-electron chi connectivity index (χ3n) is 4.58. The van der Waals surface area contributed by atoms with E-state index in [2.05, 4.69) is 19.1 Å². The maximum absolute atomic E-state index is 11.9. The molecule has 184 valence electrons. The third-order valence-corrected chi connectivity index (χ3v) is 5.57. The molecule has 0 aromatic heterocycles. The van der Waals surface area contributed by atoms with Crippen molar-refractivity contribution in [3.05, 3.63) is 12.2 Å². The van der Waals surface area contributed by atoms with Gasteiger partial charge in [0.25, 0.3) is 0 Å². The van der Waals surface area contributed by atoms with Crippen molar-refractivity contribution in [3.8, 4) is 0 Å². The highest BCUT2D eigenvalue weighted by Gasteiger charge is 2.25. The monoisotopic (exact) mass is 466 g/mol. The molecule has 0 amide bonds. The number of phosphoric ester groups is 1. The number of rotatable bonds is 20. The highest BCUT2D eigenvalue weighted by Crippen LogP contribution is 2.43. The Morgan fingerprint density at radius 2 is 1.61 bits per heavy atom. The van der Waals surface area contributed by atoms with Gasteiger partial charge < -0.3 is 19.2 Å². The second kappa shape index (κ2) is 17.8. The molecule has 0 aliphatic carbocycles. The van der Waals surface area contributed by atoms with Crippen molar-refractivity contribution in [3.63, 3.8) is 0 Å². The Bertz CT molecular complexity index is 534. The predicted molar refractivity (Wildman–Crippen MR) is 123 cm³/mol. The summed E-state index contributed by atoms with van der Waals surface area (Å²) >= 11 is 0. The Hall–Kier alpha value is -0.760. The van der Waals surface area contributed by atoms with Crippen molar-refractivity contribution in [1.29, 1.82) is 0 Å². The van der Waals surface area contributed by atoms with Gasteiger partial charge in [-0.2, -0.15) is 0 Å². The zero-order chi connectivity index (χ0) is 23.6. The van der Waals surface area contributed by atoms with Gasteiger partial charge in [0.1, 0.15) is 19.3 Å². The molecule has 0 aromatic rings. The van der Waals surface area contributed by atoms with E-state index in [0.717, 1.165) is 44.9 Å². The van der Waals surface area contributed by atoms with E-state index >= 15 is 0 Å². The van der Waals surface area contributed by atoms with Crippen LogP contribution in [0.5, 0.6) is 0 Å². The van der Waals surface area contributed by atoms with E-state index in [4.69, 9.17) is 13.8 Å². The van der Waals surface area contributed by atoms with Gasteiger partial charge in [-0.3, -0.25) is 13.8 Å². The van der Waals surface area contributed by atoms with Crippen molar-refractivity contribution in [2.45, 2.75) is 77.2 Å². The Morgan fingerprint density at radius 1 is 1.00 bits per heavy atom. The van der Waals surface area contributed by atoms with Crippen molar-refractivity contribution in [2.24, 2.45) is 0 Å². The number of hydrogen-bond acceptors (Lipinski definition) is 6. The highest BCUT2D eigenvalue weighted by atomic mass is 31.2. The molecule has 0 aromatic carbocycles. The van der Waals surface area contributed by atoms with Crippen molar-refractivity contribution >= 4 is 13.8 Å². The first-order valence-electron chi connectivity index (χ1n) is 11.5. The zero-order valence-electron chi connectivity index (χ0n) is 20.0. The number of quaternary nitrogens is 1. The molecule has 0 aliphatic heterocycles. The lowest BCUT2D eigenvalue weighted by Crippen LogP contribution is -2.37. The molecule has 9 heteroatoms. The lowest BCUT2D eigenvalue weighted by atomic mass is 10.1. The number of likely N-dealkylation sites (N-methyl/N-ethyl adjacent to an activating group) is 1. The standard InChI is InChI=1S/C22H44NO7P/c1-5-6-7-8-9-10-11-12-13-14-15-16-22(25)30-21(19-24)20-29-31(26,27)28-18-17-23(2,3)4/h8-9,21,24H,5-7,10-20H2,1-4H3/p+1/b9-8+/t21-/m0/s1. The molecule has 0 fully saturated rings. The number of allylic oxidation sites excluding steroid dienone is 2. The minimum Gasteiger partial charge on any atom is -0.457 e. The summed E-state index contributed by atoms with van der Waals surface area (Å²) in [6.07, 6.45) is 13.6. The molecule has 8 nitrogen and oxygen atoms in total. The number of carbonyl (C=O) groups is 1. The summed E-state index contributed by atoms with van der Waals surface area (Å²) in [6.45, 7) is 1.89. The summed E-state index contributed by atoms with van der Waals surface area (Å²) in [5.41, 5.74) is 0. The average Bonchev–Trinajstić information content (AvgIpc) is 2.68. The number of aliphatic hydroxyl groups is 1. The summed E-state index contributed by atoms with van der Waals surface area (Å²) in [7, 11) is 1.54. The van der Waals surface area contributed by atoms with E-state index in [0.29, 0.717) is 11.0 Å². The van der Waals surface area contributed by atoms with E-state index in [-0.39, 0.29) is 13.0 Å². The molecule has 0 saturated heterocycles. The lowest BCUT2D eigenvalue weighted by molar-refractivity contribution is -0.870. The first-order chi connectivity index (χ1) is 14.6. The van der Waals surface area contributed by atoms with Gasteiger partial charge in [0.15, 0.2) is 0 Å². The maximum Gasteiger partial charge on any atom is 0.472 e. The largest absolute Gasteiger partial charge is 0.472 e. The number of ether oxygens (including phenoxy) is 1. The summed E-state index contributed by atoms with van der Waals surface area (Å²) < 4.78 is 27.3. The van der Waals surface area contributed by atoms with Crippen LogP contribution in [-0.4, -0.2) is 74.1 Å². The Labute approximate surface area is 188 Å². The Morgan fingerprint density at radius 3 is 2.23 bits per heavy atom. The number of hydrogen-bond donors (Lipinski definition) is 2. The molecule has 0 radical (unpaired) electrons. The fourth-order valence-electron chi connectivity index (χ4n) is 2.63. The molecule has 0 aliphatic rings. The van der Waals surface area contributed by atoms with Crippen LogP contribution < -0.4 is 0 Å². The van der Waals surface area contributed by atoms with Crippen LogP contribution in [-0.2, 0) is 23.1 Å². The molecule has 1 unspecified atom stereocenters. The molecular weight excluding hydrogens is 421 g/mol. The van der Waals surface area contributed by atoms with Crippen LogP contribution >= 0.6 is 7.82 Å². The SMILES string of the molecule is CCCC/C=C/CCCCCCCC(=O)O[C@@H](CO)COP(=O)(O)OCC[N+](C)(C)C. The van der Waals surface area contributed by atoms with Gasteiger partial charge in [-0.05, 0) is 25.7 Å². The van der Waals surface area contributed by atoms with E-state index in [1.54, 1.807) is 0 Å². The first kappa shape index (κ1) is 30.2. The molecule has 2 atom stereocenters. The van der Waals surface area contributed by atoms with Crippen molar-refractivity contribution in [1.82, 2.24) is 0 Å². The van der Waals surface area contributed by atoms with Gasteiger partial charge in [0.05, 0.1) is 34.4 Å². The normalized spacial score (nSPS) is 15.2. The minimum absolute atomic E-state index is 0.0516. The predicted octanol–water partition coefficient (Wildman–Crippen LogP) is 4.21. The number of carbonyl (C=O) groups excluding carboxylic acids is 1. The van der Waals surface area contributed by atoms with Crippen LogP contribution in [0.3, 0.4) is 0 Å². The van der Waals surface area contributed by atoms with Gasteiger partial charge in [-0.15, -0.1) is 0 Å². The van der Waals surface area contributed by atoms with E-state index < -0.39 is 33.1 Å².